The summed E-state index contributed by atoms with van der Waals surface area (Å²) in [6.45, 7) is 5.23. The SMILES string of the molecule is CC(C)(C)O.[Hf]. The zero-order valence-electron chi connectivity index (χ0n) is 4.45. The van der Waals surface area contributed by atoms with Gasteiger partial charge in [0.2, 0.25) is 0 Å². The Morgan fingerprint density at radius 2 is 1.17 bits per heavy atom. The van der Waals surface area contributed by atoms with Gasteiger partial charge in [-0.25, -0.2) is 0 Å². The van der Waals surface area contributed by atoms with Gasteiger partial charge in [-0.15, -0.1) is 0 Å². The third-order valence-electron chi connectivity index (χ3n) is 0. The molecule has 0 saturated carbocycles. The van der Waals surface area contributed by atoms with E-state index < -0.39 is 5.60 Å². The summed E-state index contributed by atoms with van der Waals surface area (Å²) in [7, 11) is 0. The Kier molecular flexibility index (Phi) is 4.84. The second kappa shape index (κ2) is 2.92. The van der Waals surface area contributed by atoms with E-state index in [2.05, 4.69) is 0 Å². The van der Waals surface area contributed by atoms with E-state index in [1.54, 1.807) is 20.8 Å². The van der Waals surface area contributed by atoms with Crippen molar-refractivity contribution in [2.45, 2.75) is 26.4 Å². The second-order valence-electron chi connectivity index (χ2n) is 2.17. The topological polar surface area (TPSA) is 20.2 Å². The van der Waals surface area contributed by atoms with Crippen molar-refractivity contribution < 1.29 is 30.9 Å². The van der Waals surface area contributed by atoms with E-state index >= 15 is 0 Å². The van der Waals surface area contributed by atoms with Crippen LogP contribution in [-0.2, 0) is 25.8 Å². The van der Waals surface area contributed by atoms with Crippen molar-refractivity contribution >= 4 is 0 Å². The largest absolute Gasteiger partial charge is 0.391 e. The summed E-state index contributed by atoms with van der Waals surface area (Å²) in [5.74, 6) is 0. The Balaban J connectivity index is 0. The van der Waals surface area contributed by atoms with Gasteiger partial charge in [-0.05, 0) is 20.8 Å². The minimum absolute atomic E-state index is 0. The van der Waals surface area contributed by atoms with Crippen molar-refractivity contribution in [3.63, 3.8) is 0 Å². The first-order valence-electron chi connectivity index (χ1n) is 1.72. The van der Waals surface area contributed by atoms with E-state index in [0.29, 0.717) is 0 Å². The first kappa shape index (κ1) is 9.95. The van der Waals surface area contributed by atoms with Gasteiger partial charge in [-0.3, -0.25) is 0 Å². The molecule has 36 valence electrons. The van der Waals surface area contributed by atoms with Crippen LogP contribution in [0.1, 0.15) is 20.8 Å². The molecular formula is C4H10HfO. The summed E-state index contributed by atoms with van der Waals surface area (Å²) in [4.78, 5) is 0. The van der Waals surface area contributed by atoms with Gasteiger partial charge in [0, 0.05) is 25.8 Å². The van der Waals surface area contributed by atoms with Crippen LogP contribution in [0.3, 0.4) is 0 Å². The van der Waals surface area contributed by atoms with Gasteiger partial charge >= 0.3 is 0 Å². The predicted molar refractivity (Wildman–Crippen MR) is 22.0 cm³/mol. The van der Waals surface area contributed by atoms with Gasteiger partial charge in [0.25, 0.3) is 0 Å². The molecule has 1 N–H and O–H groups in total. The van der Waals surface area contributed by atoms with Crippen LogP contribution in [0.5, 0.6) is 0 Å². The van der Waals surface area contributed by atoms with Crippen molar-refractivity contribution in [1.82, 2.24) is 0 Å². The standard InChI is InChI=1S/C4H10O.Hf/c1-4(2,3)5;/h5H,1-3H3;. The predicted octanol–water partition coefficient (Wildman–Crippen LogP) is 0.775. The summed E-state index contributed by atoms with van der Waals surface area (Å²) in [5, 5.41) is 8.52. The van der Waals surface area contributed by atoms with Crippen molar-refractivity contribution in [3.05, 3.63) is 0 Å². The number of rotatable bonds is 0. The van der Waals surface area contributed by atoms with Crippen LogP contribution in [-0.4, -0.2) is 10.7 Å². The average molecular weight is 253 g/mol. The molecule has 0 aliphatic rings. The van der Waals surface area contributed by atoms with Crippen molar-refractivity contribution in [1.29, 1.82) is 0 Å². The Hall–Kier alpha value is 0.830. The molecule has 1 nitrogen and oxygen atoms in total. The summed E-state index contributed by atoms with van der Waals surface area (Å²) >= 11 is 0. The molecule has 2 heteroatoms. The molecule has 0 unspecified atom stereocenters. The van der Waals surface area contributed by atoms with Gasteiger partial charge in [0.05, 0.1) is 5.60 Å². The maximum atomic E-state index is 8.52. The quantitative estimate of drug-likeness (QED) is 0.632. The average Bonchev–Trinajstić information content (AvgIpc) is 0.722. The molecule has 0 atom stereocenters. The maximum Gasteiger partial charge on any atom is 0.0563 e. The number of aliphatic hydroxyl groups is 1. The third kappa shape index (κ3) is 103. The van der Waals surface area contributed by atoms with Crippen LogP contribution in [0.25, 0.3) is 0 Å². The van der Waals surface area contributed by atoms with E-state index in [4.69, 9.17) is 5.11 Å². The van der Waals surface area contributed by atoms with E-state index in [0.717, 1.165) is 0 Å². The van der Waals surface area contributed by atoms with Gasteiger partial charge in [-0.2, -0.15) is 0 Å². The minimum atomic E-state index is -0.500. The van der Waals surface area contributed by atoms with E-state index in [1.165, 1.54) is 0 Å². The molecule has 0 spiro atoms. The Labute approximate surface area is 57.5 Å². The van der Waals surface area contributed by atoms with Gasteiger partial charge in [-0.1, -0.05) is 0 Å². The smallest absolute Gasteiger partial charge is 0.0563 e. The van der Waals surface area contributed by atoms with Crippen LogP contribution in [0.2, 0.25) is 0 Å². The molecule has 0 radical (unpaired) electrons. The second-order valence-corrected chi connectivity index (χ2v) is 2.17. The third-order valence-corrected chi connectivity index (χ3v) is 0. The van der Waals surface area contributed by atoms with Crippen molar-refractivity contribution in [2.75, 3.05) is 0 Å². The molecule has 0 saturated heterocycles. The Morgan fingerprint density at radius 1 is 1.17 bits per heavy atom. The molecule has 0 aliphatic carbocycles. The van der Waals surface area contributed by atoms with Gasteiger partial charge < -0.3 is 5.11 Å². The molecular weight excluding hydrogens is 243 g/mol. The summed E-state index contributed by atoms with van der Waals surface area (Å²) in [6, 6.07) is 0. The molecule has 0 aromatic heterocycles. The Morgan fingerprint density at radius 3 is 1.17 bits per heavy atom. The van der Waals surface area contributed by atoms with Crippen LogP contribution in [0, 0.1) is 0 Å². The fraction of sp³-hybridized carbons (Fsp3) is 1.00. The molecule has 0 aliphatic heterocycles. The molecule has 0 rings (SSSR count). The zero-order valence-corrected chi connectivity index (χ0v) is 8.04. The molecule has 0 aromatic carbocycles. The minimum Gasteiger partial charge on any atom is -0.391 e. The normalized spacial score (nSPS) is 10.0. The molecule has 0 bridgehead atoms. The number of hydrogen-bond donors (Lipinski definition) is 1. The van der Waals surface area contributed by atoms with E-state index in [-0.39, 0.29) is 25.8 Å². The summed E-state index contributed by atoms with van der Waals surface area (Å²) in [6.07, 6.45) is 0. The van der Waals surface area contributed by atoms with Gasteiger partial charge in [0.1, 0.15) is 0 Å². The van der Waals surface area contributed by atoms with E-state index in [9.17, 15) is 0 Å². The van der Waals surface area contributed by atoms with Crippen LogP contribution < -0.4 is 0 Å². The first-order chi connectivity index (χ1) is 2.00. The molecule has 0 fully saturated rings. The fourth-order valence-electron chi connectivity index (χ4n) is 0. The molecule has 0 amide bonds. The van der Waals surface area contributed by atoms with E-state index in [1.807, 2.05) is 0 Å². The van der Waals surface area contributed by atoms with Crippen molar-refractivity contribution in [2.24, 2.45) is 0 Å². The fourth-order valence-corrected chi connectivity index (χ4v) is 0. The molecule has 0 heterocycles. The molecule has 6 heavy (non-hydrogen) atoms. The van der Waals surface area contributed by atoms with Crippen LogP contribution in [0.15, 0.2) is 0 Å². The van der Waals surface area contributed by atoms with Crippen LogP contribution in [0.4, 0.5) is 0 Å². The van der Waals surface area contributed by atoms with Crippen molar-refractivity contribution in [3.8, 4) is 0 Å². The summed E-state index contributed by atoms with van der Waals surface area (Å²) < 4.78 is 0. The zero-order chi connectivity index (χ0) is 4.50. The summed E-state index contributed by atoms with van der Waals surface area (Å²) in [5.41, 5.74) is -0.500. The maximum absolute atomic E-state index is 8.52. The monoisotopic (exact) mass is 254 g/mol. The molecule has 0 aromatic rings. The first-order valence-corrected chi connectivity index (χ1v) is 1.72. The Bertz CT molecular complexity index is 23.0. The van der Waals surface area contributed by atoms with Crippen LogP contribution >= 0.6 is 0 Å². The number of hydrogen-bond acceptors (Lipinski definition) is 1. The van der Waals surface area contributed by atoms with Gasteiger partial charge in [0.15, 0.2) is 0 Å².